The SMILES string of the molecule is CCc1nc2ncc(CN3CCN(c4ccc(C(=O)NC)nc4)[C@@H]4CC[C@@H]43)cc2[nH]c1=O. The van der Waals surface area contributed by atoms with Crippen LogP contribution in [0.4, 0.5) is 5.69 Å². The second-order valence-electron chi connectivity index (χ2n) is 8.44. The Morgan fingerprint density at radius 3 is 2.72 bits per heavy atom. The summed E-state index contributed by atoms with van der Waals surface area (Å²) < 4.78 is 0. The lowest BCUT2D eigenvalue weighted by atomic mass is 9.81. The number of carbonyl (C=O) groups excluding carboxylic acids is 1. The third kappa shape index (κ3) is 3.62. The van der Waals surface area contributed by atoms with Crippen LogP contribution in [-0.4, -0.2) is 63.0 Å². The van der Waals surface area contributed by atoms with Crippen LogP contribution < -0.4 is 15.8 Å². The minimum absolute atomic E-state index is 0.136. The normalized spacial score (nSPS) is 20.6. The molecule has 166 valence electrons. The quantitative estimate of drug-likeness (QED) is 0.628. The molecule has 0 bridgehead atoms. The topological polar surface area (TPSA) is 107 Å². The van der Waals surface area contributed by atoms with Gasteiger partial charge in [-0.3, -0.25) is 14.5 Å². The van der Waals surface area contributed by atoms with Crippen LogP contribution in [-0.2, 0) is 13.0 Å². The summed E-state index contributed by atoms with van der Waals surface area (Å²) in [5.74, 6) is -0.172. The van der Waals surface area contributed by atoms with Gasteiger partial charge in [-0.15, -0.1) is 0 Å². The molecule has 1 saturated heterocycles. The number of aryl methyl sites for hydroxylation is 1. The maximum absolute atomic E-state index is 12.1. The molecule has 2 fully saturated rings. The molecule has 5 rings (SSSR count). The van der Waals surface area contributed by atoms with Gasteiger partial charge in [0.25, 0.3) is 11.5 Å². The van der Waals surface area contributed by atoms with E-state index in [1.165, 1.54) is 0 Å². The molecule has 1 aliphatic heterocycles. The summed E-state index contributed by atoms with van der Waals surface area (Å²) in [5.41, 5.74) is 4.23. The number of carbonyl (C=O) groups is 1. The molecule has 32 heavy (non-hydrogen) atoms. The molecule has 0 aromatic carbocycles. The highest BCUT2D eigenvalue weighted by atomic mass is 16.1. The number of nitrogens with one attached hydrogen (secondary N) is 2. The Bertz CT molecular complexity index is 1210. The molecular formula is C23H27N7O2. The van der Waals surface area contributed by atoms with Gasteiger partial charge in [-0.2, -0.15) is 0 Å². The zero-order valence-corrected chi connectivity index (χ0v) is 18.3. The Kier molecular flexibility index (Phi) is 5.34. The first kappa shape index (κ1) is 20.6. The van der Waals surface area contributed by atoms with E-state index in [0.717, 1.165) is 43.7 Å². The van der Waals surface area contributed by atoms with Crippen molar-refractivity contribution in [2.45, 2.75) is 44.8 Å². The first-order valence-electron chi connectivity index (χ1n) is 11.1. The maximum Gasteiger partial charge on any atom is 0.270 e. The summed E-state index contributed by atoms with van der Waals surface area (Å²) in [6, 6.07) is 6.69. The second-order valence-corrected chi connectivity index (χ2v) is 8.44. The second kappa shape index (κ2) is 8.31. The highest BCUT2D eigenvalue weighted by molar-refractivity contribution is 5.92. The Balaban J connectivity index is 1.30. The van der Waals surface area contributed by atoms with E-state index < -0.39 is 0 Å². The highest BCUT2D eigenvalue weighted by Crippen LogP contribution is 2.37. The number of pyridine rings is 2. The molecule has 2 aliphatic rings. The van der Waals surface area contributed by atoms with E-state index in [1.54, 1.807) is 19.3 Å². The van der Waals surface area contributed by atoms with Crippen molar-refractivity contribution in [3.8, 4) is 0 Å². The average molecular weight is 434 g/mol. The largest absolute Gasteiger partial charge is 0.364 e. The summed E-state index contributed by atoms with van der Waals surface area (Å²) in [4.78, 5) is 44.9. The smallest absolute Gasteiger partial charge is 0.270 e. The number of aromatic nitrogens is 4. The minimum atomic E-state index is -0.172. The fourth-order valence-corrected chi connectivity index (χ4v) is 4.77. The van der Waals surface area contributed by atoms with Crippen LogP contribution in [0.15, 0.2) is 35.4 Å². The van der Waals surface area contributed by atoms with Gasteiger partial charge in [0.2, 0.25) is 0 Å². The Morgan fingerprint density at radius 1 is 1.19 bits per heavy atom. The average Bonchev–Trinajstić information content (AvgIpc) is 2.79. The number of piperazine rings is 1. The zero-order chi connectivity index (χ0) is 22.2. The molecule has 0 radical (unpaired) electrons. The first-order valence-corrected chi connectivity index (χ1v) is 11.1. The standard InChI is InChI=1S/C23H27N7O2/c1-3-16-23(32)28-18-10-14(11-26-21(18)27-16)13-29-8-9-30(20-7-6-19(20)29)15-4-5-17(25-12-15)22(31)24-2/h4-5,10-12,19-20H,3,6-9,13H2,1-2H3,(H,24,31)(H,28,32)/t19-,20+/m0/s1. The van der Waals surface area contributed by atoms with Crippen molar-refractivity contribution >= 4 is 22.8 Å². The molecule has 3 aromatic heterocycles. The fraction of sp³-hybridized carbons (Fsp3) is 0.435. The summed E-state index contributed by atoms with van der Waals surface area (Å²) in [6.45, 7) is 4.55. The molecule has 4 heterocycles. The lowest BCUT2D eigenvalue weighted by molar-refractivity contribution is 0.0658. The van der Waals surface area contributed by atoms with Crippen molar-refractivity contribution in [2.24, 2.45) is 0 Å². The van der Waals surface area contributed by atoms with Gasteiger partial charge in [-0.25, -0.2) is 15.0 Å². The lowest BCUT2D eigenvalue weighted by Crippen LogP contribution is -2.64. The van der Waals surface area contributed by atoms with E-state index >= 15 is 0 Å². The van der Waals surface area contributed by atoms with Crippen molar-refractivity contribution < 1.29 is 4.79 Å². The minimum Gasteiger partial charge on any atom is -0.364 e. The molecule has 1 saturated carbocycles. The number of H-pyrrole nitrogens is 1. The third-order valence-corrected chi connectivity index (χ3v) is 6.63. The third-order valence-electron chi connectivity index (χ3n) is 6.63. The molecular weight excluding hydrogens is 406 g/mol. The molecule has 0 spiro atoms. The van der Waals surface area contributed by atoms with Crippen LogP contribution in [0.2, 0.25) is 0 Å². The van der Waals surface area contributed by atoms with Crippen molar-refractivity contribution in [2.75, 3.05) is 25.0 Å². The number of anilines is 1. The Morgan fingerprint density at radius 2 is 2.03 bits per heavy atom. The summed E-state index contributed by atoms with van der Waals surface area (Å²) >= 11 is 0. The van der Waals surface area contributed by atoms with Crippen molar-refractivity contribution in [1.29, 1.82) is 0 Å². The molecule has 1 amide bonds. The predicted molar refractivity (Wildman–Crippen MR) is 122 cm³/mol. The zero-order valence-electron chi connectivity index (χ0n) is 18.3. The van der Waals surface area contributed by atoms with E-state index in [9.17, 15) is 9.59 Å². The fourth-order valence-electron chi connectivity index (χ4n) is 4.77. The van der Waals surface area contributed by atoms with Crippen LogP contribution in [0.1, 0.15) is 41.5 Å². The summed E-state index contributed by atoms with van der Waals surface area (Å²) in [7, 11) is 1.61. The maximum atomic E-state index is 12.1. The Hall–Kier alpha value is -3.33. The van der Waals surface area contributed by atoms with E-state index in [1.807, 2.05) is 25.3 Å². The molecule has 9 nitrogen and oxygen atoms in total. The van der Waals surface area contributed by atoms with Crippen LogP contribution in [0.25, 0.3) is 11.2 Å². The molecule has 1 aliphatic carbocycles. The van der Waals surface area contributed by atoms with Crippen LogP contribution in [0, 0.1) is 0 Å². The molecule has 0 unspecified atom stereocenters. The van der Waals surface area contributed by atoms with E-state index in [4.69, 9.17) is 0 Å². The van der Waals surface area contributed by atoms with E-state index in [0.29, 0.717) is 41.1 Å². The van der Waals surface area contributed by atoms with Crippen molar-refractivity contribution in [3.63, 3.8) is 0 Å². The van der Waals surface area contributed by atoms with E-state index in [2.05, 4.69) is 35.1 Å². The first-order chi connectivity index (χ1) is 15.6. The molecule has 3 aromatic rings. The van der Waals surface area contributed by atoms with Crippen LogP contribution in [0.5, 0.6) is 0 Å². The van der Waals surface area contributed by atoms with Crippen molar-refractivity contribution in [3.05, 3.63) is 57.9 Å². The van der Waals surface area contributed by atoms with Gasteiger partial charge < -0.3 is 15.2 Å². The number of rotatable bonds is 5. The van der Waals surface area contributed by atoms with Crippen LogP contribution in [0.3, 0.4) is 0 Å². The summed E-state index contributed by atoms with van der Waals surface area (Å²) in [6.07, 6.45) is 6.56. The molecule has 9 heteroatoms. The van der Waals surface area contributed by atoms with Gasteiger partial charge in [-0.1, -0.05) is 6.92 Å². The van der Waals surface area contributed by atoms with Gasteiger partial charge in [0.05, 0.1) is 17.4 Å². The van der Waals surface area contributed by atoms with Gasteiger partial charge in [-0.05, 0) is 43.0 Å². The predicted octanol–water partition coefficient (Wildman–Crippen LogP) is 1.49. The van der Waals surface area contributed by atoms with E-state index in [-0.39, 0.29) is 11.5 Å². The van der Waals surface area contributed by atoms with Crippen molar-refractivity contribution in [1.82, 2.24) is 30.2 Å². The lowest BCUT2D eigenvalue weighted by Gasteiger charge is -2.54. The number of hydrogen-bond donors (Lipinski definition) is 2. The van der Waals surface area contributed by atoms with Crippen LogP contribution >= 0.6 is 0 Å². The Labute approximate surface area is 185 Å². The van der Waals surface area contributed by atoms with Gasteiger partial charge in [0, 0.05) is 45.0 Å². The number of hydrogen-bond acceptors (Lipinski definition) is 7. The molecule has 2 atom stereocenters. The van der Waals surface area contributed by atoms with Gasteiger partial charge in [0.15, 0.2) is 5.65 Å². The number of fused-ring (bicyclic) bond motifs is 2. The van der Waals surface area contributed by atoms with Gasteiger partial charge in [0.1, 0.15) is 11.4 Å². The van der Waals surface area contributed by atoms with Gasteiger partial charge >= 0.3 is 0 Å². The number of aromatic amines is 1. The highest BCUT2D eigenvalue weighted by Gasteiger charge is 2.42. The number of nitrogens with zero attached hydrogens (tertiary/aromatic N) is 5. The monoisotopic (exact) mass is 433 g/mol. The number of amides is 1. The molecule has 2 N–H and O–H groups in total. The summed E-state index contributed by atoms with van der Waals surface area (Å²) in [5, 5.41) is 2.61.